The number of imide groups is 2. The molecule has 0 aromatic heterocycles. The largest absolute Gasteiger partial charge is 0.347 e. The first-order valence-electron chi connectivity index (χ1n) is 8.97. The average molecular weight is 441 g/mol. The zero-order valence-electron chi connectivity index (χ0n) is 15.5. The Kier molecular flexibility index (Phi) is 5.60. The van der Waals surface area contributed by atoms with Gasteiger partial charge in [-0.15, -0.1) is 5.06 Å². The molecule has 0 aromatic carbocycles. The normalized spacial score (nSPS) is 29.6. The van der Waals surface area contributed by atoms with Gasteiger partial charge in [0.25, 0.3) is 33.7 Å². The third-order valence-corrected chi connectivity index (χ3v) is 6.57. The van der Waals surface area contributed by atoms with E-state index in [0.29, 0.717) is 0 Å². The highest BCUT2D eigenvalue weighted by Gasteiger charge is 2.52. The lowest BCUT2D eigenvalue weighted by Crippen LogP contribution is -2.45. The summed E-state index contributed by atoms with van der Waals surface area (Å²) in [7, 11) is -4.87. The maximum atomic E-state index is 12.5. The summed E-state index contributed by atoms with van der Waals surface area (Å²) in [5, 5.41) is -2.13. The number of hydrogen-bond acceptors (Lipinski definition) is 9. The van der Waals surface area contributed by atoms with Crippen LogP contribution in [0.4, 0.5) is 0 Å². The van der Waals surface area contributed by atoms with Crippen LogP contribution in [0.2, 0.25) is 0 Å². The summed E-state index contributed by atoms with van der Waals surface area (Å²) < 4.78 is 31.3. The molecule has 1 N–H and O–H groups in total. The van der Waals surface area contributed by atoms with E-state index in [1.54, 1.807) is 6.29 Å². The van der Waals surface area contributed by atoms with Gasteiger partial charge in [-0.3, -0.25) is 33.4 Å². The summed E-state index contributed by atoms with van der Waals surface area (Å²) in [5.41, 5.74) is -1.79. The molecule has 2 heterocycles. The molecule has 13 heteroatoms. The quantitative estimate of drug-likeness (QED) is 0.296. The van der Waals surface area contributed by atoms with E-state index < -0.39 is 56.8 Å². The van der Waals surface area contributed by atoms with Crippen LogP contribution in [-0.2, 0) is 43.7 Å². The van der Waals surface area contributed by atoms with E-state index in [-0.39, 0.29) is 43.2 Å². The highest BCUT2D eigenvalue weighted by atomic mass is 32.2. The highest BCUT2D eigenvalue weighted by Crippen LogP contribution is 2.39. The van der Waals surface area contributed by atoms with E-state index in [9.17, 15) is 37.2 Å². The second kappa shape index (κ2) is 7.72. The van der Waals surface area contributed by atoms with Crippen LogP contribution in [0.5, 0.6) is 0 Å². The fourth-order valence-corrected chi connectivity index (χ4v) is 4.36. The van der Waals surface area contributed by atoms with Crippen molar-refractivity contribution in [3.05, 3.63) is 12.2 Å². The first-order valence-corrected chi connectivity index (χ1v) is 10.5. The second-order valence-corrected chi connectivity index (χ2v) is 8.96. The van der Waals surface area contributed by atoms with Gasteiger partial charge in [-0.2, -0.15) is 8.42 Å². The van der Waals surface area contributed by atoms with Gasteiger partial charge in [-0.25, -0.2) is 4.79 Å². The van der Waals surface area contributed by atoms with E-state index in [4.69, 9.17) is 9.39 Å². The van der Waals surface area contributed by atoms with Crippen LogP contribution in [0.3, 0.4) is 0 Å². The summed E-state index contributed by atoms with van der Waals surface area (Å²) in [6.07, 6.45) is 3.38. The number of rotatable bonds is 6. The Morgan fingerprint density at radius 3 is 2.20 bits per heavy atom. The van der Waals surface area contributed by atoms with E-state index in [1.807, 2.05) is 0 Å². The molecular weight excluding hydrogens is 424 g/mol. The molecule has 1 saturated carbocycles. The summed E-state index contributed by atoms with van der Waals surface area (Å²) in [4.78, 5) is 77.0. The first-order chi connectivity index (χ1) is 14.0. The van der Waals surface area contributed by atoms with Crippen molar-refractivity contribution < 1.29 is 46.6 Å². The van der Waals surface area contributed by atoms with Crippen molar-refractivity contribution in [3.63, 3.8) is 0 Å². The number of carbonyl (C=O) groups is 5. The minimum Gasteiger partial charge on any atom is -0.329 e. The Morgan fingerprint density at radius 2 is 1.73 bits per heavy atom. The number of hydrogen-bond donors (Lipinski definition) is 1. The lowest BCUT2D eigenvalue weighted by molar-refractivity contribution is -0.203. The SMILES string of the molecule is O=[C]C1(C(=O)ON2C(=O)CC(S(=O)(=O)O)C2=O)CCC(CN2C(=O)C=CC2=O)CC1. The number of hydroxylamine groups is 2. The van der Waals surface area contributed by atoms with Crippen LogP contribution in [0.1, 0.15) is 32.1 Å². The lowest BCUT2D eigenvalue weighted by Gasteiger charge is -2.34. The maximum absolute atomic E-state index is 12.5. The van der Waals surface area contributed by atoms with Gasteiger partial charge in [0.1, 0.15) is 5.41 Å². The molecule has 30 heavy (non-hydrogen) atoms. The van der Waals surface area contributed by atoms with E-state index in [1.165, 1.54) is 0 Å². The van der Waals surface area contributed by atoms with Gasteiger partial charge in [0.05, 0.1) is 6.42 Å². The molecule has 161 valence electrons. The molecule has 0 spiro atoms. The minimum absolute atomic E-state index is 0.0564. The van der Waals surface area contributed by atoms with Crippen molar-refractivity contribution in [1.29, 1.82) is 0 Å². The van der Waals surface area contributed by atoms with Crippen molar-refractivity contribution in [2.75, 3.05) is 6.54 Å². The first kappa shape index (κ1) is 21.8. The molecule has 3 aliphatic rings. The van der Waals surface area contributed by atoms with Gasteiger partial charge in [-0.05, 0) is 31.6 Å². The molecule has 3 rings (SSSR count). The summed E-state index contributed by atoms with van der Waals surface area (Å²) in [6.45, 7) is 0.119. The Balaban J connectivity index is 1.63. The second-order valence-electron chi connectivity index (χ2n) is 7.36. The molecule has 12 nitrogen and oxygen atoms in total. The van der Waals surface area contributed by atoms with Crippen LogP contribution in [0.15, 0.2) is 12.2 Å². The zero-order valence-corrected chi connectivity index (χ0v) is 16.3. The Labute approximate surface area is 170 Å². The van der Waals surface area contributed by atoms with E-state index in [2.05, 4.69) is 0 Å². The fraction of sp³-hybridized carbons (Fsp3) is 0.529. The standard InChI is InChI=1S/C17H17N2O10S/c20-9-17(5-3-10(4-6-17)8-18-12(21)1-2-13(18)22)16(25)29-19-14(23)7-11(15(19)24)30(26,27)28/h1-2,10-11H,3-8H2,(H,26,27,28). The summed E-state index contributed by atoms with van der Waals surface area (Å²) in [5.74, 6) is -4.89. The zero-order chi connectivity index (χ0) is 22.3. The Morgan fingerprint density at radius 1 is 1.17 bits per heavy atom. The summed E-state index contributed by atoms with van der Waals surface area (Å²) in [6, 6.07) is 0. The molecule has 1 radical (unpaired) electrons. The molecule has 1 unspecified atom stereocenters. The molecule has 0 bridgehead atoms. The average Bonchev–Trinajstić information content (AvgIpc) is 3.16. The molecule has 2 fully saturated rings. The molecule has 1 aliphatic carbocycles. The van der Waals surface area contributed by atoms with Gasteiger partial charge in [0, 0.05) is 18.7 Å². The van der Waals surface area contributed by atoms with Crippen molar-refractivity contribution >= 4 is 46.0 Å². The monoisotopic (exact) mass is 441 g/mol. The predicted molar refractivity (Wildman–Crippen MR) is 93.8 cm³/mol. The van der Waals surface area contributed by atoms with Crippen molar-refractivity contribution in [2.24, 2.45) is 11.3 Å². The fourth-order valence-electron chi connectivity index (χ4n) is 3.65. The lowest BCUT2D eigenvalue weighted by atomic mass is 9.71. The molecular formula is C17H17N2O10S. The van der Waals surface area contributed by atoms with Crippen LogP contribution in [0, 0.1) is 11.3 Å². The number of nitrogens with zero attached hydrogens (tertiary/aromatic N) is 2. The Bertz CT molecular complexity index is 943. The molecule has 1 saturated heterocycles. The predicted octanol–water partition coefficient (Wildman–Crippen LogP) is -1.33. The van der Waals surface area contributed by atoms with Gasteiger partial charge in [0.2, 0.25) is 6.29 Å². The molecule has 2 aliphatic heterocycles. The van der Waals surface area contributed by atoms with Crippen molar-refractivity contribution in [2.45, 2.75) is 37.4 Å². The minimum atomic E-state index is -4.87. The molecule has 1 atom stereocenters. The van der Waals surface area contributed by atoms with Gasteiger partial charge < -0.3 is 4.84 Å². The van der Waals surface area contributed by atoms with Crippen LogP contribution < -0.4 is 0 Å². The van der Waals surface area contributed by atoms with Crippen LogP contribution >= 0.6 is 0 Å². The van der Waals surface area contributed by atoms with E-state index in [0.717, 1.165) is 17.1 Å². The smallest absolute Gasteiger partial charge is 0.329 e. The van der Waals surface area contributed by atoms with Crippen molar-refractivity contribution in [1.82, 2.24) is 9.96 Å². The molecule has 4 amide bonds. The maximum Gasteiger partial charge on any atom is 0.347 e. The molecule has 0 aromatic rings. The van der Waals surface area contributed by atoms with Gasteiger partial charge in [-0.1, -0.05) is 0 Å². The number of amides is 4. The van der Waals surface area contributed by atoms with Gasteiger partial charge in [0.15, 0.2) is 5.25 Å². The summed E-state index contributed by atoms with van der Waals surface area (Å²) >= 11 is 0. The Hall–Kier alpha value is -2.93. The highest BCUT2D eigenvalue weighted by molar-refractivity contribution is 7.87. The van der Waals surface area contributed by atoms with Gasteiger partial charge >= 0.3 is 5.97 Å². The van der Waals surface area contributed by atoms with E-state index >= 15 is 0 Å². The third-order valence-electron chi connectivity index (χ3n) is 5.48. The van der Waals surface area contributed by atoms with Crippen LogP contribution in [0.25, 0.3) is 0 Å². The topological polar surface area (TPSA) is 172 Å². The van der Waals surface area contributed by atoms with Crippen molar-refractivity contribution in [3.8, 4) is 0 Å². The van der Waals surface area contributed by atoms with Crippen LogP contribution in [-0.4, -0.2) is 70.6 Å². The third kappa shape index (κ3) is 3.89. The number of carbonyl (C=O) groups excluding carboxylic acids is 6.